The van der Waals surface area contributed by atoms with Gasteiger partial charge in [-0.3, -0.25) is 0 Å². The van der Waals surface area contributed by atoms with Gasteiger partial charge in [0.25, 0.3) is 0 Å². The summed E-state index contributed by atoms with van der Waals surface area (Å²) in [5, 5.41) is 0. The fourth-order valence-electron chi connectivity index (χ4n) is 0.402. The molecule has 0 heterocycles. The van der Waals surface area contributed by atoms with Crippen molar-refractivity contribution in [1.82, 2.24) is 0 Å². The van der Waals surface area contributed by atoms with Crippen molar-refractivity contribution in [2.75, 3.05) is 0 Å². The Morgan fingerprint density at radius 3 is 2.43 bits per heavy atom. The molecule has 0 aliphatic rings. The Morgan fingerprint density at radius 2 is 2.29 bits per heavy atom. The van der Waals surface area contributed by atoms with Crippen molar-refractivity contribution in [2.45, 2.75) is 27.2 Å². The van der Waals surface area contributed by atoms with Crippen LogP contribution in [0.5, 0.6) is 0 Å². The van der Waals surface area contributed by atoms with Crippen LogP contribution < -0.4 is 0 Å². The van der Waals surface area contributed by atoms with E-state index in [9.17, 15) is 0 Å². The highest BCUT2D eigenvalue weighted by atomic mass is 13.9. The summed E-state index contributed by atoms with van der Waals surface area (Å²) in [4.78, 5) is 0. The predicted octanol–water partition coefficient (Wildman–Crippen LogP) is 2.41. The van der Waals surface area contributed by atoms with Crippen LogP contribution >= 0.6 is 0 Å². The van der Waals surface area contributed by atoms with Crippen LogP contribution in [0.25, 0.3) is 0 Å². The Morgan fingerprint density at radius 1 is 1.71 bits per heavy atom. The molecule has 0 saturated heterocycles. The summed E-state index contributed by atoms with van der Waals surface area (Å²) in [5.41, 5.74) is 0. The van der Waals surface area contributed by atoms with Crippen molar-refractivity contribution < 1.29 is 0 Å². The Hall–Kier alpha value is -0.260. The van der Waals surface area contributed by atoms with E-state index in [1.54, 1.807) is 0 Å². The SMILES string of the molecule is C/[C]=C\C(C)CC. The van der Waals surface area contributed by atoms with Gasteiger partial charge in [-0.2, -0.15) is 0 Å². The van der Waals surface area contributed by atoms with Gasteiger partial charge in [-0.05, 0) is 12.8 Å². The lowest BCUT2D eigenvalue weighted by atomic mass is 10.1. The second-order valence-corrected chi connectivity index (χ2v) is 1.84. The van der Waals surface area contributed by atoms with Gasteiger partial charge in [0.15, 0.2) is 0 Å². The highest BCUT2D eigenvalue weighted by Crippen LogP contribution is 1.99. The van der Waals surface area contributed by atoms with Gasteiger partial charge >= 0.3 is 0 Å². The van der Waals surface area contributed by atoms with E-state index in [1.807, 2.05) is 6.92 Å². The van der Waals surface area contributed by atoms with Crippen molar-refractivity contribution in [3.63, 3.8) is 0 Å². The molecule has 0 aromatic heterocycles. The topological polar surface area (TPSA) is 0 Å². The monoisotopic (exact) mass is 97.1 g/mol. The van der Waals surface area contributed by atoms with Crippen molar-refractivity contribution in [3.05, 3.63) is 12.2 Å². The van der Waals surface area contributed by atoms with E-state index in [0.717, 1.165) is 0 Å². The molecule has 0 N–H and O–H groups in total. The lowest BCUT2D eigenvalue weighted by molar-refractivity contribution is 0.695. The zero-order chi connectivity index (χ0) is 5.70. The summed E-state index contributed by atoms with van der Waals surface area (Å²) < 4.78 is 0. The van der Waals surface area contributed by atoms with Crippen molar-refractivity contribution in [2.24, 2.45) is 5.92 Å². The minimum absolute atomic E-state index is 0.713. The molecule has 1 atom stereocenters. The summed E-state index contributed by atoms with van der Waals surface area (Å²) in [6.07, 6.45) is 6.31. The zero-order valence-corrected chi connectivity index (χ0v) is 5.36. The maximum absolute atomic E-state index is 2.99. The van der Waals surface area contributed by atoms with Crippen LogP contribution in [-0.4, -0.2) is 0 Å². The maximum Gasteiger partial charge on any atom is -0.0259 e. The molecule has 1 radical (unpaired) electrons. The molecule has 0 amide bonds. The molecule has 0 aliphatic carbocycles. The van der Waals surface area contributed by atoms with Crippen molar-refractivity contribution in [3.8, 4) is 0 Å². The van der Waals surface area contributed by atoms with E-state index in [2.05, 4.69) is 26.0 Å². The maximum atomic E-state index is 2.99. The lowest BCUT2D eigenvalue weighted by Crippen LogP contribution is -1.82. The third-order valence-corrected chi connectivity index (χ3v) is 1.10. The average Bonchev–Trinajstić information content (AvgIpc) is 1.68. The largest absolute Gasteiger partial charge is 0.0785 e. The van der Waals surface area contributed by atoms with Crippen LogP contribution in [0.2, 0.25) is 0 Å². The van der Waals surface area contributed by atoms with Crippen molar-refractivity contribution in [1.29, 1.82) is 0 Å². The third-order valence-electron chi connectivity index (χ3n) is 1.10. The highest BCUT2D eigenvalue weighted by molar-refractivity contribution is 4.75. The van der Waals surface area contributed by atoms with E-state index < -0.39 is 0 Å². The standard InChI is InChI=1S/C7H13/c1-4-6-7(3)5-2/h6-7H,5H2,1-3H3. The Labute approximate surface area is 46.2 Å². The molecule has 0 spiro atoms. The molecule has 7 heavy (non-hydrogen) atoms. The second-order valence-electron chi connectivity index (χ2n) is 1.84. The normalized spacial score (nSPS) is 15.3. The van der Waals surface area contributed by atoms with Crippen LogP contribution in [-0.2, 0) is 0 Å². The van der Waals surface area contributed by atoms with Gasteiger partial charge in [0.05, 0.1) is 0 Å². The van der Waals surface area contributed by atoms with Gasteiger partial charge in [-0.1, -0.05) is 32.4 Å². The van der Waals surface area contributed by atoms with Crippen LogP contribution in [0, 0.1) is 12.0 Å². The summed E-state index contributed by atoms with van der Waals surface area (Å²) in [6, 6.07) is 0. The summed E-state index contributed by atoms with van der Waals surface area (Å²) in [6.45, 7) is 6.31. The summed E-state index contributed by atoms with van der Waals surface area (Å²) in [5.74, 6) is 0.713. The van der Waals surface area contributed by atoms with Crippen molar-refractivity contribution >= 4 is 0 Å². The summed E-state index contributed by atoms with van der Waals surface area (Å²) >= 11 is 0. The molecule has 0 rings (SSSR count). The molecular formula is C7H13. The minimum atomic E-state index is 0.713. The molecule has 0 heteroatoms. The van der Waals surface area contributed by atoms with Gasteiger partial charge in [0.2, 0.25) is 0 Å². The van der Waals surface area contributed by atoms with Crippen LogP contribution in [0.1, 0.15) is 27.2 Å². The van der Waals surface area contributed by atoms with E-state index >= 15 is 0 Å². The smallest absolute Gasteiger partial charge is 0.0259 e. The first-order valence-corrected chi connectivity index (χ1v) is 2.81. The minimum Gasteiger partial charge on any atom is -0.0785 e. The molecular weight excluding hydrogens is 84.1 g/mol. The molecule has 1 unspecified atom stereocenters. The van der Waals surface area contributed by atoms with Crippen LogP contribution in [0.15, 0.2) is 6.08 Å². The number of hydrogen-bond donors (Lipinski definition) is 0. The van der Waals surface area contributed by atoms with Gasteiger partial charge in [-0.25, -0.2) is 0 Å². The molecule has 0 aromatic rings. The Bertz CT molecular complexity index is 53.1. The van der Waals surface area contributed by atoms with Gasteiger partial charge in [-0.15, -0.1) is 0 Å². The average molecular weight is 97.2 g/mol. The van der Waals surface area contributed by atoms with E-state index in [4.69, 9.17) is 0 Å². The highest BCUT2D eigenvalue weighted by Gasteiger charge is 1.86. The van der Waals surface area contributed by atoms with Gasteiger partial charge in [0, 0.05) is 0 Å². The molecule has 0 bridgehead atoms. The fraction of sp³-hybridized carbons (Fsp3) is 0.714. The molecule has 0 nitrogen and oxygen atoms in total. The van der Waals surface area contributed by atoms with E-state index in [1.165, 1.54) is 6.42 Å². The van der Waals surface area contributed by atoms with Gasteiger partial charge < -0.3 is 0 Å². The fourth-order valence-corrected chi connectivity index (χ4v) is 0.402. The predicted molar refractivity (Wildman–Crippen MR) is 32.9 cm³/mol. The van der Waals surface area contributed by atoms with Gasteiger partial charge in [0.1, 0.15) is 0 Å². The first kappa shape index (κ1) is 6.74. The van der Waals surface area contributed by atoms with E-state index in [-0.39, 0.29) is 0 Å². The first-order valence-electron chi connectivity index (χ1n) is 2.81. The Balaban J connectivity index is 3.16. The van der Waals surface area contributed by atoms with Crippen LogP contribution in [0.3, 0.4) is 0 Å². The molecule has 0 saturated carbocycles. The molecule has 0 aromatic carbocycles. The lowest BCUT2D eigenvalue weighted by Gasteiger charge is -1.95. The molecule has 0 aliphatic heterocycles. The first-order chi connectivity index (χ1) is 3.31. The number of hydrogen-bond acceptors (Lipinski definition) is 0. The number of allylic oxidation sites excluding steroid dienone is 2. The van der Waals surface area contributed by atoms with E-state index in [0.29, 0.717) is 5.92 Å². The quantitative estimate of drug-likeness (QED) is 0.496. The molecule has 41 valence electrons. The molecule has 0 fully saturated rings. The number of rotatable bonds is 2. The second kappa shape index (κ2) is 3.91. The van der Waals surface area contributed by atoms with Crippen LogP contribution in [0.4, 0.5) is 0 Å². The summed E-state index contributed by atoms with van der Waals surface area (Å²) in [7, 11) is 0. The third kappa shape index (κ3) is 3.57. The Kier molecular flexibility index (Phi) is 3.77. The zero-order valence-electron chi connectivity index (χ0n) is 5.36.